The van der Waals surface area contributed by atoms with Crippen LogP contribution >= 0.6 is 0 Å². The monoisotopic (exact) mass is 437 g/mol. The van der Waals surface area contributed by atoms with E-state index in [1.165, 1.54) is 9.13 Å². The first-order valence-corrected chi connectivity index (χ1v) is 10.4. The number of benzene rings is 1. The van der Waals surface area contributed by atoms with Gasteiger partial charge in [0.25, 0.3) is 5.56 Å². The van der Waals surface area contributed by atoms with Gasteiger partial charge in [0.2, 0.25) is 0 Å². The van der Waals surface area contributed by atoms with Gasteiger partial charge in [0.1, 0.15) is 6.61 Å². The zero-order valence-corrected chi connectivity index (χ0v) is 18.3. The first kappa shape index (κ1) is 21.6. The molecule has 1 aromatic carbocycles. The highest BCUT2D eigenvalue weighted by molar-refractivity contribution is 5.82. The number of aryl methyl sites for hydroxylation is 1. The van der Waals surface area contributed by atoms with Gasteiger partial charge >= 0.3 is 5.69 Å². The van der Waals surface area contributed by atoms with Gasteiger partial charge in [-0.3, -0.25) is 13.9 Å². The van der Waals surface area contributed by atoms with Gasteiger partial charge in [0.05, 0.1) is 10.9 Å². The number of nitrogens with zero attached hydrogens (tertiary/aromatic N) is 5. The van der Waals surface area contributed by atoms with Gasteiger partial charge < -0.3 is 5.11 Å². The Morgan fingerprint density at radius 3 is 2.53 bits per heavy atom. The maximum absolute atomic E-state index is 15.2. The van der Waals surface area contributed by atoms with Crippen LogP contribution in [-0.2, 0) is 13.2 Å². The summed E-state index contributed by atoms with van der Waals surface area (Å²) in [6.45, 7) is 7.35. The Hall–Kier alpha value is -3.59. The molecule has 166 valence electrons. The second kappa shape index (κ2) is 8.16. The van der Waals surface area contributed by atoms with E-state index in [9.17, 15) is 14.7 Å². The third-order valence-corrected chi connectivity index (χ3v) is 5.45. The largest absolute Gasteiger partial charge is 0.388 e. The smallest absolute Gasteiger partial charge is 0.352 e. The Bertz CT molecular complexity index is 1450. The van der Waals surface area contributed by atoms with Crippen LogP contribution < -0.4 is 11.2 Å². The van der Waals surface area contributed by atoms with Crippen molar-refractivity contribution in [1.29, 1.82) is 0 Å². The molecule has 4 aromatic rings. The van der Waals surface area contributed by atoms with Crippen LogP contribution in [0.5, 0.6) is 0 Å². The van der Waals surface area contributed by atoms with E-state index in [4.69, 9.17) is 0 Å². The number of hydrogen-bond donors (Lipinski definition) is 1. The van der Waals surface area contributed by atoms with Gasteiger partial charge in [-0.15, -0.1) is 5.10 Å². The molecule has 0 bridgehead atoms. The molecule has 0 radical (unpaired) electrons. The number of fused-ring (bicyclic) bond motifs is 1. The van der Waals surface area contributed by atoms with E-state index in [2.05, 4.69) is 10.1 Å². The van der Waals surface area contributed by atoms with Crippen LogP contribution in [0.15, 0.2) is 46.1 Å². The number of rotatable bonds is 5. The molecule has 8 nitrogen and oxygen atoms in total. The van der Waals surface area contributed by atoms with Gasteiger partial charge in [-0.05, 0) is 49.1 Å². The summed E-state index contributed by atoms with van der Waals surface area (Å²) in [4.78, 5) is 30.4. The van der Waals surface area contributed by atoms with E-state index in [-0.39, 0.29) is 29.5 Å². The number of halogens is 1. The van der Waals surface area contributed by atoms with Gasteiger partial charge in [-0.25, -0.2) is 14.2 Å². The topological polar surface area (TPSA) is 94.9 Å². The zero-order valence-electron chi connectivity index (χ0n) is 18.3. The molecule has 1 N–H and O–H groups in total. The molecule has 0 fully saturated rings. The lowest BCUT2D eigenvalue weighted by molar-refractivity contribution is 0.264. The van der Waals surface area contributed by atoms with Crippen molar-refractivity contribution in [3.63, 3.8) is 0 Å². The van der Waals surface area contributed by atoms with Crippen molar-refractivity contribution in [3.05, 3.63) is 80.1 Å². The van der Waals surface area contributed by atoms with Crippen molar-refractivity contribution in [2.45, 2.75) is 46.8 Å². The summed E-state index contributed by atoms with van der Waals surface area (Å²) in [5.41, 5.74) is 1.69. The minimum Gasteiger partial charge on any atom is -0.388 e. The maximum Gasteiger partial charge on any atom is 0.352 e. The molecule has 0 aliphatic rings. The highest BCUT2D eigenvalue weighted by atomic mass is 19.1. The molecule has 3 heterocycles. The van der Waals surface area contributed by atoms with Gasteiger partial charge in [-0.1, -0.05) is 26.0 Å². The Morgan fingerprint density at radius 1 is 1.19 bits per heavy atom. The Kier molecular flexibility index (Phi) is 5.52. The van der Waals surface area contributed by atoms with E-state index in [1.807, 2.05) is 45.0 Å². The van der Waals surface area contributed by atoms with Crippen LogP contribution in [0.2, 0.25) is 0 Å². The fourth-order valence-corrected chi connectivity index (χ4v) is 3.80. The van der Waals surface area contributed by atoms with Gasteiger partial charge in [0.15, 0.2) is 17.5 Å². The van der Waals surface area contributed by atoms with Gasteiger partial charge in [0, 0.05) is 18.4 Å². The number of aromatic nitrogens is 5. The van der Waals surface area contributed by atoms with E-state index in [0.29, 0.717) is 11.2 Å². The molecule has 0 saturated heterocycles. The summed E-state index contributed by atoms with van der Waals surface area (Å²) in [5.74, 6) is -1.08. The fraction of sp³-hybridized carbons (Fsp3) is 0.304. The van der Waals surface area contributed by atoms with Crippen LogP contribution in [0.1, 0.15) is 43.6 Å². The first-order chi connectivity index (χ1) is 15.3. The number of aliphatic hydroxyl groups is 1. The Labute approximate surface area is 183 Å². The molecule has 0 spiro atoms. The minimum atomic E-state index is -0.848. The number of aliphatic hydroxyl groups excluding tert-OH is 1. The third kappa shape index (κ3) is 3.44. The van der Waals surface area contributed by atoms with Crippen LogP contribution in [-0.4, -0.2) is 29.0 Å². The van der Waals surface area contributed by atoms with E-state index in [1.54, 1.807) is 13.1 Å². The first-order valence-electron chi connectivity index (χ1n) is 10.4. The van der Waals surface area contributed by atoms with Crippen LogP contribution in [0.4, 0.5) is 4.39 Å². The molecule has 0 amide bonds. The van der Waals surface area contributed by atoms with Crippen LogP contribution in [0.3, 0.4) is 0 Å². The average molecular weight is 437 g/mol. The number of pyridine rings is 2. The highest BCUT2D eigenvalue weighted by Gasteiger charge is 2.21. The molecular formula is C23H24FN5O3. The lowest BCUT2D eigenvalue weighted by Gasteiger charge is -2.15. The molecule has 9 heteroatoms. The predicted octanol–water partition coefficient (Wildman–Crippen LogP) is 2.82. The fourth-order valence-electron chi connectivity index (χ4n) is 3.80. The predicted molar refractivity (Wildman–Crippen MR) is 119 cm³/mol. The normalized spacial score (nSPS) is 11.6. The van der Waals surface area contributed by atoms with Crippen LogP contribution in [0, 0.1) is 12.7 Å². The Balaban J connectivity index is 2.04. The minimum absolute atomic E-state index is 0.0297. The van der Waals surface area contributed by atoms with Gasteiger partial charge in [-0.2, -0.15) is 4.68 Å². The summed E-state index contributed by atoms with van der Waals surface area (Å²) >= 11 is 0. The molecule has 0 aliphatic heterocycles. The van der Waals surface area contributed by atoms with Crippen molar-refractivity contribution < 1.29 is 9.50 Å². The second-order valence-electron chi connectivity index (χ2n) is 7.96. The summed E-state index contributed by atoms with van der Waals surface area (Å²) in [7, 11) is 0. The van der Waals surface area contributed by atoms with E-state index < -0.39 is 23.7 Å². The van der Waals surface area contributed by atoms with Crippen LogP contribution in [0.25, 0.3) is 22.4 Å². The second-order valence-corrected chi connectivity index (χ2v) is 7.96. The van der Waals surface area contributed by atoms with Crippen molar-refractivity contribution in [3.8, 4) is 11.5 Å². The molecule has 0 aliphatic carbocycles. The Morgan fingerprint density at radius 2 is 1.94 bits per heavy atom. The lowest BCUT2D eigenvalue weighted by Crippen LogP contribution is -2.26. The lowest BCUT2D eigenvalue weighted by atomic mass is 10.0. The molecule has 3 aromatic heterocycles. The molecule has 0 saturated carbocycles. The van der Waals surface area contributed by atoms with Crippen molar-refractivity contribution in [2.24, 2.45) is 0 Å². The van der Waals surface area contributed by atoms with E-state index in [0.717, 1.165) is 21.9 Å². The van der Waals surface area contributed by atoms with Crippen molar-refractivity contribution >= 4 is 10.9 Å². The van der Waals surface area contributed by atoms with Crippen molar-refractivity contribution in [1.82, 2.24) is 23.9 Å². The summed E-state index contributed by atoms with van der Waals surface area (Å²) < 4.78 is 18.7. The highest BCUT2D eigenvalue weighted by Crippen LogP contribution is 2.25. The number of hydrogen-bond acceptors (Lipinski definition) is 5. The summed E-state index contributed by atoms with van der Waals surface area (Å²) in [6, 6.07) is 8.58. The molecular weight excluding hydrogens is 413 g/mol. The van der Waals surface area contributed by atoms with Crippen molar-refractivity contribution in [2.75, 3.05) is 0 Å². The third-order valence-electron chi connectivity index (χ3n) is 5.45. The maximum atomic E-state index is 15.2. The molecule has 0 atom stereocenters. The van der Waals surface area contributed by atoms with E-state index >= 15 is 4.39 Å². The summed E-state index contributed by atoms with van der Waals surface area (Å²) in [6.07, 6.45) is 1.71. The SMILES string of the molecule is CCn1c(CO)nn(-c2nc3c(C(C)C)cn(-c4cccc(C)c4)c(=O)c3cc2F)c1=O. The quantitative estimate of drug-likeness (QED) is 0.518. The standard InChI is InChI=1S/C23H24FN5O3/c1-5-27-19(12-30)26-29(23(27)32)21-18(24)10-16-20(25-21)17(13(2)3)11-28(22(16)31)15-8-6-7-14(4)9-15/h6-11,13,30H,5,12H2,1-4H3. The summed E-state index contributed by atoms with van der Waals surface area (Å²) in [5, 5.41) is 13.6. The average Bonchev–Trinajstić information content (AvgIpc) is 3.09. The molecule has 32 heavy (non-hydrogen) atoms. The molecule has 0 unspecified atom stereocenters. The molecule has 4 rings (SSSR count). The zero-order chi connectivity index (χ0) is 23.2.